The van der Waals surface area contributed by atoms with E-state index >= 15 is 38.4 Å². The molecule has 0 bridgehead atoms. The first-order chi connectivity index (χ1) is 65.2. The van der Waals surface area contributed by atoms with Crippen LogP contribution in [-0.2, 0) is 123 Å². The SMILES string of the molecule is CCCC[C@H]1C(=O)N(C)[C@@H](CCCC)C(=O)N[C@@H](CCN)C(=O)N[C@H](C(=O)NCC(N)=O)CSCC(=O)N[C@@H](Cc2ccc(O)cc2)C(=O)N(C)[C@@H](C)C(=O)N[C@H](CC(=O)O)C(=O)N2CCC[C@H]2C(=O)N[C@@H](Cc2cnc[nH]2)C(=O)N[C@@H](CCC(=O)O)C(=O)N2C[C@H](O)C[C@H]2C(=O)N[C@@H](Cc2c[nH]c3ccccc23)C(=O)N[C@@H](CO)C(=O)N[C@@H](Cc2cn(CC(=O)O)c3ccccc23)C(=O)N1C. The number of amides is 16. The van der Waals surface area contributed by atoms with Gasteiger partial charge >= 0.3 is 17.9 Å². The molecule has 6 heterocycles. The van der Waals surface area contributed by atoms with E-state index in [0.29, 0.717) is 45.8 Å². The van der Waals surface area contributed by atoms with Crippen molar-refractivity contribution in [1.82, 2.24) is 97.2 Å². The Morgan fingerprint density at radius 1 is 0.555 bits per heavy atom. The van der Waals surface area contributed by atoms with Crippen molar-refractivity contribution >= 4 is 146 Å². The number of unbranched alkanes of at least 4 members (excludes halogenated alkanes) is 2. The minimum Gasteiger partial charge on any atom is -0.508 e. The van der Waals surface area contributed by atoms with Crippen LogP contribution in [0.25, 0.3) is 21.8 Å². The summed E-state index contributed by atoms with van der Waals surface area (Å²) in [6.07, 6.45) is 0.156. The van der Waals surface area contributed by atoms with Crippen LogP contribution in [0.5, 0.6) is 5.75 Å². The number of nitrogens with two attached hydrogens (primary N) is 2. The average Bonchev–Trinajstić information content (AvgIpc) is 1.64. The molecule has 0 aliphatic carbocycles. The normalized spacial score (nSPS) is 24.5. The van der Waals surface area contributed by atoms with E-state index in [1.165, 1.54) is 74.8 Å². The van der Waals surface area contributed by atoms with Gasteiger partial charge in [-0.25, -0.2) is 4.98 Å². The number of rotatable bonds is 27. The molecule has 3 aromatic heterocycles. The summed E-state index contributed by atoms with van der Waals surface area (Å²) in [5.74, 6) is -22.2. The van der Waals surface area contributed by atoms with E-state index in [-0.39, 0.29) is 81.5 Å². The Morgan fingerprint density at radius 3 is 1.77 bits per heavy atom. The lowest BCUT2D eigenvalue weighted by molar-refractivity contribution is -0.149. The number of primary amides is 1. The van der Waals surface area contributed by atoms with Crippen LogP contribution in [0, 0.1) is 0 Å². The smallest absolute Gasteiger partial charge is 0.323 e. The van der Waals surface area contributed by atoms with Crippen molar-refractivity contribution in [1.29, 1.82) is 0 Å². The Bertz CT molecular complexity index is 5360. The number of carboxylic acids is 3. The van der Waals surface area contributed by atoms with E-state index in [4.69, 9.17) is 11.5 Å². The van der Waals surface area contributed by atoms with Crippen LogP contribution in [0.2, 0.25) is 0 Å². The number of phenols is 1. The zero-order valence-electron chi connectivity index (χ0n) is 76.7. The number of H-pyrrole nitrogens is 2. The molecule has 16 amide bonds. The molecule has 0 unspecified atom stereocenters. The van der Waals surface area contributed by atoms with Gasteiger partial charge in [0, 0.05) is 125 Å². The minimum atomic E-state index is -2.02. The number of aromatic amines is 2. The first kappa shape index (κ1) is 107. The second kappa shape index (κ2) is 50.5. The van der Waals surface area contributed by atoms with Crippen molar-refractivity contribution in [3.05, 3.63) is 120 Å². The second-order valence-corrected chi connectivity index (χ2v) is 35.2. The van der Waals surface area contributed by atoms with E-state index in [1.807, 2.05) is 0 Å². The van der Waals surface area contributed by atoms with Gasteiger partial charge in [0.05, 0.1) is 37.8 Å². The fourth-order valence-electron chi connectivity index (χ4n) is 16.7. The molecule has 3 saturated heterocycles. The highest BCUT2D eigenvalue weighted by Gasteiger charge is 2.47. The predicted octanol–water partition coefficient (Wildman–Crippen LogP) is -3.87. The number of carbonyl (C=O) groups excluding carboxylic acids is 16. The van der Waals surface area contributed by atoms with Gasteiger partial charge in [0.25, 0.3) is 0 Å². The van der Waals surface area contributed by atoms with E-state index in [9.17, 15) is 83.4 Å². The lowest BCUT2D eigenvalue weighted by atomic mass is 10.00. The number of phenolic OH excluding ortho intramolecular Hbond substituents is 1. The summed E-state index contributed by atoms with van der Waals surface area (Å²) in [6, 6.07) is -4.95. The summed E-state index contributed by atoms with van der Waals surface area (Å²) in [7, 11) is 3.72. The molecule has 137 heavy (non-hydrogen) atoms. The van der Waals surface area contributed by atoms with E-state index in [0.717, 1.165) is 43.3 Å². The maximum absolute atomic E-state index is 15.8. The predicted molar refractivity (Wildman–Crippen MR) is 491 cm³/mol. The Kier molecular flexibility index (Phi) is 39.3. The summed E-state index contributed by atoms with van der Waals surface area (Å²) in [6.45, 7) is 1.15. The molecular weight excluding hydrogens is 1810 g/mol. The number of aliphatic hydroxyl groups excluding tert-OH is 2. The molecule has 3 fully saturated rings. The third-order valence-electron chi connectivity index (χ3n) is 24.2. The fourth-order valence-corrected chi connectivity index (χ4v) is 17.6. The van der Waals surface area contributed by atoms with Crippen molar-refractivity contribution < 1.29 is 122 Å². The largest absolute Gasteiger partial charge is 0.508 e. The van der Waals surface area contributed by atoms with Gasteiger partial charge in [-0.1, -0.05) is 88.1 Å². The summed E-state index contributed by atoms with van der Waals surface area (Å²) < 4.78 is 1.38. The van der Waals surface area contributed by atoms with Gasteiger partial charge in [0.1, 0.15) is 96.9 Å². The first-order valence-corrected chi connectivity index (χ1v) is 46.2. The summed E-state index contributed by atoms with van der Waals surface area (Å²) in [5, 5.41) is 89.7. The number of aromatic nitrogens is 4. The molecule has 47 heteroatoms. The van der Waals surface area contributed by atoms with Crippen LogP contribution in [0.15, 0.2) is 97.7 Å². The first-order valence-electron chi connectivity index (χ1n) is 45.0. The highest BCUT2D eigenvalue weighted by atomic mass is 32.2. The van der Waals surface area contributed by atoms with Gasteiger partial charge in [-0.15, -0.1) is 11.8 Å². The lowest BCUT2D eigenvalue weighted by Gasteiger charge is -2.36. The number of hydrogen-bond acceptors (Lipinski definition) is 25. The lowest BCUT2D eigenvalue weighted by Crippen LogP contribution is -2.62. The number of nitrogens with zero attached hydrogens (tertiary/aromatic N) is 7. The summed E-state index contributed by atoms with van der Waals surface area (Å²) in [5.41, 5.74) is 13.7. The van der Waals surface area contributed by atoms with Crippen molar-refractivity contribution in [3.63, 3.8) is 0 Å². The number of para-hydroxylation sites is 2. The van der Waals surface area contributed by atoms with Gasteiger partial charge in [0.15, 0.2) is 0 Å². The molecule has 9 rings (SSSR count). The molecular formula is C90H121N21O25S. The Labute approximate surface area is 791 Å². The molecule has 15 atom stereocenters. The van der Waals surface area contributed by atoms with Crippen molar-refractivity contribution in [2.45, 2.75) is 227 Å². The third kappa shape index (κ3) is 29.2. The number of nitrogens with one attached hydrogen (secondary N) is 12. The van der Waals surface area contributed by atoms with Crippen LogP contribution in [0.4, 0.5) is 0 Å². The third-order valence-corrected chi connectivity index (χ3v) is 25.2. The van der Waals surface area contributed by atoms with E-state index in [2.05, 4.69) is 68.1 Å². The Balaban J connectivity index is 1.11. The number of aliphatic carboxylic acids is 3. The number of likely N-dealkylation sites (N-methyl/N-ethyl adjacent to an activating group) is 3. The molecule has 46 nitrogen and oxygen atoms in total. The quantitative estimate of drug-likeness (QED) is 0.0235. The Hall–Kier alpha value is -14.1. The van der Waals surface area contributed by atoms with Crippen LogP contribution in [-0.4, -0.2) is 343 Å². The minimum absolute atomic E-state index is 0.0594. The molecule has 3 aliphatic rings. The monoisotopic (exact) mass is 1930 g/mol. The molecule has 742 valence electrons. The molecule has 0 saturated carbocycles. The molecule has 0 radical (unpaired) electrons. The number of thioether (sulfide) groups is 1. The highest BCUT2D eigenvalue weighted by molar-refractivity contribution is 8.00. The number of aromatic hydroxyl groups is 1. The molecule has 3 aromatic carbocycles. The van der Waals surface area contributed by atoms with Gasteiger partial charge in [-0.2, -0.15) is 0 Å². The van der Waals surface area contributed by atoms with Gasteiger partial charge in [-0.05, 0) is 92.9 Å². The molecule has 22 N–H and O–H groups in total. The van der Waals surface area contributed by atoms with Crippen molar-refractivity contribution in [3.8, 4) is 5.75 Å². The number of aliphatic hydroxyl groups is 2. The standard InChI is InChI=1S/C90H121N21O25S/c1-7-9-19-68-83(129)98-58(29-30-91)79(125)105-66(78(124)95-40-72(92)115)45-137-46-73(116)97-62(32-49-23-25-53(113)26-24-49)86(132)106(4)48(3)77(123)102-64(37-75(119)120)89(135)110-31-15-22-69(110)84(130)101-61(35-52-39-93-47-96-52)81(127)99-59(27-28-74(117)118)88(134)111-42-54(114)36-71(111)85(131)100-60(33-50-38-94-57-18-13-11-16-55(50)57)80(126)104-65(44-112)82(128)103-63(87(133)108(6)70(20-10-8-2)90(136)107(68)5)34-51-41-109(43-76(121)122)67-21-14-12-17-56(51)67/h11-14,16-18,21,23-26,38-39,41,47-48,54,58-66,68-71,94,112-114H,7-10,15,19-20,22,27-37,40,42-46,91H2,1-6H3,(H2,92,115)(H,93,96)(H,95,124)(H,97,116)(H,98,129)(H,99,127)(H,100,131)(H,101,130)(H,102,123)(H,103,128)(H,104,126)(H,105,125)(H,117,118)(H,119,120)(H,121,122)/t48-,54+,58-,59-,60-,61-,62-,63-,64+,65-,66-,68-,69-,70-,71-/m0/s1. The number of carbonyl (C=O) groups is 19. The molecule has 0 spiro atoms. The zero-order valence-corrected chi connectivity index (χ0v) is 77.5. The van der Waals surface area contributed by atoms with Crippen LogP contribution < -0.4 is 64.6 Å². The average molecular weight is 1930 g/mol. The number of fused-ring (bicyclic) bond motifs is 4. The fraction of sp³-hybridized carbons (Fsp3) is 0.511. The van der Waals surface area contributed by atoms with Crippen molar-refractivity contribution in [2.24, 2.45) is 11.5 Å². The number of hydrogen-bond donors (Lipinski definition) is 20. The summed E-state index contributed by atoms with van der Waals surface area (Å²) >= 11 is 0.729. The van der Waals surface area contributed by atoms with Crippen LogP contribution in [0.3, 0.4) is 0 Å². The second-order valence-electron chi connectivity index (χ2n) is 34.1. The number of imidazole rings is 1. The number of carboxylic acid groups (broad SMARTS) is 3. The van der Waals surface area contributed by atoms with Crippen molar-refractivity contribution in [2.75, 3.05) is 65.4 Å². The molecule has 3 aliphatic heterocycles. The van der Waals surface area contributed by atoms with Crippen LogP contribution in [0.1, 0.15) is 127 Å². The van der Waals surface area contributed by atoms with Gasteiger partial charge in [-0.3, -0.25) is 91.1 Å². The topological polar surface area (TPSA) is 684 Å². The highest BCUT2D eigenvalue weighted by Crippen LogP contribution is 2.29. The summed E-state index contributed by atoms with van der Waals surface area (Å²) in [4.78, 5) is 289. The van der Waals surface area contributed by atoms with Gasteiger partial charge < -0.3 is 134 Å². The zero-order chi connectivity index (χ0) is 100. The van der Waals surface area contributed by atoms with Crippen LogP contribution >= 0.6 is 11.8 Å². The number of benzene rings is 3. The van der Waals surface area contributed by atoms with E-state index < -0.39 is 286 Å². The van der Waals surface area contributed by atoms with Gasteiger partial charge in [0.2, 0.25) is 94.5 Å². The Morgan fingerprint density at radius 2 is 1.13 bits per heavy atom. The van der Waals surface area contributed by atoms with E-state index in [1.54, 1.807) is 62.4 Å². The maximum atomic E-state index is 15.8. The maximum Gasteiger partial charge on any atom is 0.323 e. The molecule has 6 aromatic rings.